The summed E-state index contributed by atoms with van der Waals surface area (Å²) >= 11 is 11.9. The van der Waals surface area contributed by atoms with E-state index in [1.165, 1.54) is 11.0 Å². The molecule has 0 atom stereocenters. The molecule has 2 rings (SSSR count). The van der Waals surface area contributed by atoms with E-state index in [0.29, 0.717) is 17.1 Å². The van der Waals surface area contributed by atoms with Gasteiger partial charge in [0, 0.05) is 13.0 Å². The van der Waals surface area contributed by atoms with Crippen molar-refractivity contribution in [3.05, 3.63) is 27.7 Å². The number of halogens is 2. The zero-order valence-corrected chi connectivity index (χ0v) is 10.2. The lowest BCUT2D eigenvalue weighted by atomic mass is 10.1. The van der Waals surface area contributed by atoms with Gasteiger partial charge in [-0.15, -0.1) is 12.3 Å². The summed E-state index contributed by atoms with van der Waals surface area (Å²) in [5.41, 5.74) is 0.533. The second kappa shape index (κ2) is 4.40. The maximum atomic E-state index is 11.8. The minimum Gasteiger partial charge on any atom is -0.302 e. The van der Waals surface area contributed by atoms with Gasteiger partial charge in [-0.2, -0.15) is 0 Å². The molecule has 0 N–H and O–H groups in total. The van der Waals surface area contributed by atoms with Gasteiger partial charge in [-0.05, 0) is 12.1 Å². The Morgan fingerprint density at radius 1 is 1.24 bits per heavy atom. The number of carbonyl (C=O) groups excluding carboxylic acids is 2. The van der Waals surface area contributed by atoms with Crippen LogP contribution >= 0.6 is 23.2 Å². The number of fused-ring (bicyclic) bond motifs is 1. The molecule has 0 saturated heterocycles. The molecule has 1 amide bonds. The molecule has 0 bridgehead atoms. The lowest BCUT2D eigenvalue weighted by Gasteiger charge is -2.16. The average molecular weight is 268 g/mol. The molecule has 0 spiro atoms. The Kier molecular flexibility index (Phi) is 3.10. The van der Waals surface area contributed by atoms with Gasteiger partial charge >= 0.3 is 0 Å². The molecule has 1 aliphatic rings. The normalized spacial score (nSPS) is 13.8. The van der Waals surface area contributed by atoms with Crippen LogP contribution in [0.5, 0.6) is 0 Å². The summed E-state index contributed by atoms with van der Waals surface area (Å²) < 4.78 is 0. The summed E-state index contributed by atoms with van der Waals surface area (Å²) in [7, 11) is 0. The van der Waals surface area contributed by atoms with Crippen LogP contribution < -0.4 is 4.90 Å². The monoisotopic (exact) mass is 267 g/mol. The van der Waals surface area contributed by atoms with Gasteiger partial charge < -0.3 is 4.90 Å². The van der Waals surface area contributed by atoms with E-state index in [4.69, 9.17) is 29.6 Å². The first-order chi connectivity index (χ1) is 8.07. The lowest BCUT2D eigenvalue weighted by molar-refractivity contribution is -0.114. The Morgan fingerprint density at radius 3 is 2.53 bits per heavy atom. The number of ketones is 1. The minimum atomic E-state index is -0.635. The standard InChI is InChI=1S/C12H7Cl2NO2/c1-2-3-6-15-10-8(14)5-4-7(13)9(10)11(16)12(15)17/h1,4-5H,3,6H2. The Bertz CT molecular complexity index is 560. The number of nitrogens with zero attached hydrogens (tertiary/aromatic N) is 1. The van der Waals surface area contributed by atoms with Gasteiger partial charge in [0.05, 0.1) is 21.3 Å². The van der Waals surface area contributed by atoms with Gasteiger partial charge in [-0.25, -0.2) is 0 Å². The predicted molar refractivity (Wildman–Crippen MR) is 66.6 cm³/mol. The highest BCUT2D eigenvalue weighted by atomic mass is 35.5. The van der Waals surface area contributed by atoms with Crippen LogP contribution in [0.15, 0.2) is 12.1 Å². The number of benzene rings is 1. The van der Waals surface area contributed by atoms with E-state index in [-0.39, 0.29) is 17.1 Å². The Balaban J connectivity index is 2.56. The number of amides is 1. The second-order valence-corrected chi connectivity index (χ2v) is 4.31. The number of anilines is 1. The maximum Gasteiger partial charge on any atom is 0.299 e. The molecule has 86 valence electrons. The third-order valence-corrected chi connectivity index (χ3v) is 3.11. The van der Waals surface area contributed by atoms with E-state index in [9.17, 15) is 9.59 Å². The van der Waals surface area contributed by atoms with Gasteiger partial charge in [0.25, 0.3) is 11.7 Å². The second-order valence-electron chi connectivity index (χ2n) is 3.49. The zero-order valence-electron chi connectivity index (χ0n) is 8.67. The van der Waals surface area contributed by atoms with E-state index in [0.717, 1.165) is 0 Å². The topological polar surface area (TPSA) is 37.4 Å². The first kappa shape index (κ1) is 12.0. The third-order valence-electron chi connectivity index (χ3n) is 2.49. The van der Waals surface area contributed by atoms with E-state index >= 15 is 0 Å². The SMILES string of the molecule is C#CCCN1C(=O)C(=O)c2c(Cl)ccc(Cl)c21. The highest BCUT2D eigenvalue weighted by Gasteiger charge is 2.38. The van der Waals surface area contributed by atoms with Crippen molar-refractivity contribution in [1.82, 2.24) is 0 Å². The molecular formula is C12H7Cl2NO2. The first-order valence-electron chi connectivity index (χ1n) is 4.85. The van der Waals surface area contributed by atoms with Crippen LogP contribution in [0.3, 0.4) is 0 Å². The number of hydrogen-bond acceptors (Lipinski definition) is 2. The molecule has 1 aromatic rings. The van der Waals surface area contributed by atoms with Crippen molar-refractivity contribution in [3.63, 3.8) is 0 Å². The number of carbonyl (C=O) groups is 2. The molecule has 0 radical (unpaired) electrons. The molecule has 1 aliphatic heterocycles. The quantitative estimate of drug-likeness (QED) is 0.610. The molecule has 5 heteroatoms. The molecule has 0 aliphatic carbocycles. The maximum absolute atomic E-state index is 11.8. The Hall–Kier alpha value is -1.50. The van der Waals surface area contributed by atoms with Crippen molar-refractivity contribution in [2.24, 2.45) is 0 Å². The first-order valence-corrected chi connectivity index (χ1v) is 5.61. The van der Waals surface area contributed by atoms with Crippen molar-refractivity contribution in [2.45, 2.75) is 6.42 Å². The molecule has 0 fully saturated rings. The zero-order chi connectivity index (χ0) is 12.6. The van der Waals surface area contributed by atoms with E-state index < -0.39 is 11.7 Å². The van der Waals surface area contributed by atoms with Crippen LogP contribution in [0.25, 0.3) is 0 Å². The molecule has 0 saturated carbocycles. The van der Waals surface area contributed by atoms with Crippen LogP contribution in [0.1, 0.15) is 16.8 Å². The highest BCUT2D eigenvalue weighted by molar-refractivity contribution is 6.56. The van der Waals surface area contributed by atoms with E-state index in [1.807, 2.05) is 0 Å². The fraction of sp³-hybridized carbons (Fsp3) is 0.167. The molecule has 1 heterocycles. The number of rotatable bonds is 2. The van der Waals surface area contributed by atoms with Crippen LogP contribution in [0, 0.1) is 12.3 Å². The number of Topliss-reactive ketones (excluding diaryl/α,β-unsaturated/α-hetero) is 1. The van der Waals surface area contributed by atoms with Crippen molar-refractivity contribution in [2.75, 3.05) is 11.4 Å². The lowest BCUT2D eigenvalue weighted by Crippen LogP contribution is -2.30. The van der Waals surface area contributed by atoms with Crippen LogP contribution in [-0.4, -0.2) is 18.2 Å². The predicted octanol–water partition coefficient (Wildman–Crippen LogP) is 2.55. The fourth-order valence-corrected chi connectivity index (χ4v) is 2.24. The average Bonchev–Trinajstić information content (AvgIpc) is 2.56. The molecule has 3 nitrogen and oxygen atoms in total. The van der Waals surface area contributed by atoms with Crippen LogP contribution in [0.2, 0.25) is 10.0 Å². The fourth-order valence-electron chi connectivity index (χ4n) is 1.74. The summed E-state index contributed by atoms with van der Waals surface area (Å²) in [5.74, 6) is 1.14. The number of hydrogen-bond donors (Lipinski definition) is 0. The summed E-state index contributed by atoms with van der Waals surface area (Å²) in [5, 5.41) is 0.548. The van der Waals surface area contributed by atoms with E-state index in [2.05, 4.69) is 5.92 Å². The highest BCUT2D eigenvalue weighted by Crippen LogP contribution is 2.39. The number of terminal acetylenes is 1. The molecule has 17 heavy (non-hydrogen) atoms. The van der Waals surface area contributed by atoms with Crippen molar-refractivity contribution >= 4 is 40.6 Å². The summed E-state index contributed by atoms with van der Waals surface area (Å²) in [6.45, 7) is 0.258. The molecule has 1 aromatic carbocycles. The van der Waals surface area contributed by atoms with Crippen LogP contribution in [-0.2, 0) is 4.79 Å². The van der Waals surface area contributed by atoms with Gasteiger partial charge in [0.15, 0.2) is 0 Å². The van der Waals surface area contributed by atoms with Gasteiger partial charge in [0.1, 0.15) is 0 Å². The van der Waals surface area contributed by atoms with Gasteiger partial charge in [-0.1, -0.05) is 23.2 Å². The van der Waals surface area contributed by atoms with E-state index in [1.54, 1.807) is 6.07 Å². The molecule has 0 unspecified atom stereocenters. The summed E-state index contributed by atoms with van der Waals surface area (Å²) in [6.07, 6.45) is 5.49. The largest absolute Gasteiger partial charge is 0.302 e. The van der Waals surface area contributed by atoms with Crippen molar-refractivity contribution in [3.8, 4) is 12.3 Å². The summed E-state index contributed by atoms with van der Waals surface area (Å²) in [6, 6.07) is 3.05. The third kappa shape index (κ3) is 1.80. The van der Waals surface area contributed by atoms with Gasteiger partial charge in [0.2, 0.25) is 0 Å². The Labute approximate surface area is 108 Å². The van der Waals surface area contributed by atoms with Crippen molar-refractivity contribution in [1.29, 1.82) is 0 Å². The molecular weight excluding hydrogens is 261 g/mol. The minimum absolute atomic E-state index is 0.168. The summed E-state index contributed by atoms with van der Waals surface area (Å²) in [4.78, 5) is 24.8. The Morgan fingerprint density at radius 2 is 1.88 bits per heavy atom. The molecule has 0 aromatic heterocycles. The van der Waals surface area contributed by atoms with Crippen LogP contribution in [0.4, 0.5) is 5.69 Å². The smallest absolute Gasteiger partial charge is 0.299 e. The van der Waals surface area contributed by atoms with Gasteiger partial charge in [-0.3, -0.25) is 9.59 Å². The van der Waals surface area contributed by atoms with Crippen molar-refractivity contribution < 1.29 is 9.59 Å².